The van der Waals surface area contributed by atoms with Crippen molar-refractivity contribution in [3.63, 3.8) is 0 Å². The molecule has 0 saturated heterocycles. The second-order valence-corrected chi connectivity index (χ2v) is 3.01. The van der Waals surface area contributed by atoms with Crippen molar-refractivity contribution in [1.82, 2.24) is 0 Å². The number of hydrogen-bond acceptors (Lipinski definition) is 0. The van der Waals surface area contributed by atoms with E-state index < -0.39 is 23.7 Å². The smallest absolute Gasteiger partial charge is 0.205 e. The van der Waals surface area contributed by atoms with Crippen LogP contribution in [-0.2, 0) is 6.18 Å². The number of benzene rings is 1. The Labute approximate surface area is 81.3 Å². The standard InChI is InChI=1S/C8H4ClF5/c9-6-2-4(7(10)11)1-5(3-6)8(12,13)14/h1-3,7H. The molecule has 0 aliphatic heterocycles. The number of halogens is 6. The maximum atomic E-state index is 12.1. The van der Waals surface area contributed by atoms with Gasteiger partial charge in [-0.1, -0.05) is 11.6 Å². The lowest BCUT2D eigenvalue weighted by Gasteiger charge is -2.09. The summed E-state index contributed by atoms with van der Waals surface area (Å²) in [5.41, 5.74) is -1.90. The monoisotopic (exact) mass is 230 g/mol. The Morgan fingerprint density at radius 3 is 2.07 bits per heavy atom. The highest BCUT2D eigenvalue weighted by molar-refractivity contribution is 6.30. The topological polar surface area (TPSA) is 0 Å². The molecule has 0 amide bonds. The highest BCUT2D eigenvalue weighted by Crippen LogP contribution is 2.34. The van der Waals surface area contributed by atoms with Crippen molar-refractivity contribution in [3.8, 4) is 0 Å². The fourth-order valence-electron chi connectivity index (χ4n) is 0.902. The van der Waals surface area contributed by atoms with Crippen LogP contribution in [0.15, 0.2) is 18.2 Å². The fraction of sp³-hybridized carbons (Fsp3) is 0.250. The zero-order chi connectivity index (χ0) is 10.9. The van der Waals surface area contributed by atoms with Gasteiger partial charge < -0.3 is 0 Å². The molecule has 0 N–H and O–H groups in total. The Morgan fingerprint density at radius 2 is 1.64 bits per heavy atom. The van der Waals surface area contributed by atoms with Crippen LogP contribution < -0.4 is 0 Å². The predicted molar refractivity (Wildman–Crippen MR) is 41.4 cm³/mol. The molecule has 1 rings (SSSR count). The van der Waals surface area contributed by atoms with E-state index in [-0.39, 0.29) is 5.02 Å². The first-order chi connectivity index (χ1) is 6.30. The van der Waals surface area contributed by atoms with Crippen LogP contribution in [0.25, 0.3) is 0 Å². The number of hydrogen-bond donors (Lipinski definition) is 0. The van der Waals surface area contributed by atoms with Gasteiger partial charge in [-0.05, 0) is 18.2 Å². The Bertz CT molecular complexity index is 331. The Morgan fingerprint density at radius 1 is 1.07 bits per heavy atom. The van der Waals surface area contributed by atoms with E-state index in [1.807, 2.05) is 0 Å². The summed E-state index contributed by atoms with van der Waals surface area (Å²) in [7, 11) is 0. The molecule has 0 unspecified atom stereocenters. The molecule has 14 heavy (non-hydrogen) atoms. The minimum Gasteiger partial charge on any atom is -0.205 e. The molecule has 0 radical (unpaired) electrons. The lowest BCUT2D eigenvalue weighted by atomic mass is 10.1. The molecule has 1 aromatic carbocycles. The average Bonchev–Trinajstić information content (AvgIpc) is 2.01. The van der Waals surface area contributed by atoms with Crippen molar-refractivity contribution in [3.05, 3.63) is 34.3 Å². The van der Waals surface area contributed by atoms with E-state index in [4.69, 9.17) is 11.6 Å². The fourth-order valence-corrected chi connectivity index (χ4v) is 1.15. The van der Waals surface area contributed by atoms with Gasteiger partial charge >= 0.3 is 6.18 Å². The lowest BCUT2D eigenvalue weighted by Crippen LogP contribution is -2.05. The van der Waals surface area contributed by atoms with Gasteiger partial charge in [0, 0.05) is 10.6 Å². The third-order valence-electron chi connectivity index (χ3n) is 1.50. The Hall–Kier alpha value is -0.840. The molecule has 0 aromatic heterocycles. The lowest BCUT2D eigenvalue weighted by molar-refractivity contribution is -0.137. The van der Waals surface area contributed by atoms with Crippen molar-refractivity contribution in [2.24, 2.45) is 0 Å². The zero-order valence-electron chi connectivity index (χ0n) is 6.58. The Balaban J connectivity index is 3.21. The van der Waals surface area contributed by atoms with E-state index >= 15 is 0 Å². The van der Waals surface area contributed by atoms with Crippen LogP contribution in [0.4, 0.5) is 22.0 Å². The minimum absolute atomic E-state index is 0.352. The highest BCUT2D eigenvalue weighted by Gasteiger charge is 2.31. The van der Waals surface area contributed by atoms with E-state index in [1.54, 1.807) is 0 Å². The molecule has 0 atom stereocenters. The van der Waals surface area contributed by atoms with Crippen LogP contribution in [0.5, 0.6) is 0 Å². The highest BCUT2D eigenvalue weighted by atomic mass is 35.5. The van der Waals surface area contributed by atoms with Crippen LogP contribution >= 0.6 is 11.6 Å². The van der Waals surface area contributed by atoms with Gasteiger partial charge in [-0.3, -0.25) is 0 Å². The summed E-state index contributed by atoms with van der Waals surface area (Å²) >= 11 is 5.27. The van der Waals surface area contributed by atoms with E-state index in [2.05, 4.69) is 0 Å². The van der Waals surface area contributed by atoms with Crippen LogP contribution in [0.2, 0.25) is 5.02 Å². The summed E-state index contributed by atoms with van der Waals surface area (Å²) in [4.78, 5) is 0. The van der Waals surface area contributed by atoms with Gasteiger partial charge in [0.05, 0.1) is 5.56 Å². The quantitative estimate of drug-likeness (QED) is 0.631. The van der Waals surface area contributed by atoms with Crippen LogP contribution in [0, 0.1) is 0 Å². The van der Waals surface area contributed by atoms with Crippen LogP contribution in [-0.4, -0.2) is 0 Å². The van der Waals surface area contributed by atoms with Crippen LogP contribution in [0.3, 0.4) is 0 Å². The van der Waals surface area contributed by atoms with Crippen molar-refractivity contribution in [2.45, 2.75) is 12.6 Å². The zero-order valence-corrected chi connectivity index (χ0v) is 7.33. The van der Waals surface area contributed by atoms with Gasteiger partial charge in [0.25, 0.3) is 6.43 Å². The molecule has 6 heteroatoms. The molecule has 0 spiro atoms. The van der Waals surface area contributed by atoms with E-state index in [0.717, 1.165) is 6.07 Å². The summed E-state index contributed by atoms with van der Waals surface area (Å²) in [5.74, 6) is 0. The van der Waals surface area contributed by atoms with Gasteiger partial charge in [-0.15, -0.1) is 0 Å². The second-order valence-electron chi connectivity index (χ2n) is 2.57. The molecule has 1 aromatic rings. The van der Waals surface area contributed by atoms with Gasteiger partial charge in [-0.2, -0.15) is 13.2 Å². The minimum atomic E-state index is -4.66. The molecule has 0 nitrogen and oxygen atoms in total. The third kappa shape index (κ3) is 2.57. The van der Waals surface area contributed by atoms with Crippen molar-refractivity contribution in [1.29, 1.82) is 0 Å². The molecule has 0 bridgehead atoms. The summed E-state index contributed by atoms with van der Waals surface area (Å²) in [5, 5.41) is -0.352. The average molecular weight is 231 g/mol. The van der Waals surface area contributed by atoms with Gasteiger partial charge in [0.15, 0.2) is 0 Å². The molecule has 0 heterocycles. The third-order valence-corrected chi connectivity index (χ3v) is 1.72. The van der Waals surface area contributed by atoms with Gasteiger partial charge in [0.2, 0.25) is 0 Å². The second kappa shape index (κ2) is 3.73. The summed E-state index contributed by atoms with van der Waals surface area (Å²) in [6.45, 7) is 0. The first kappa shape index (κ1) is 11.2. The van der Waals surface area contributed by atoms with E-state index in [9.17, 15) is 22.0 Å². The number of alkyl halides is 5. The molecule has 0 fully saturated rings. The maximum Gasteiger partial charge on any atom is 0.416 e. The molecular formula is C8H4ClF5. The summed E-state index contributed by atoms with van der Waals surface area (Å²) in [6.07, 6.45) is -7.62. The van der Waals surface area contributed by atoms with Gasteiger partial charge in [-0.25, -0.2) is 8.78 Å². The molecule has 0 saturated carbocycles. The van der Waals surface area contributed by atoms with Crippen molar-refractivity contribution in [2.75, 3.05) is 0 Å². The normalized spacial score (nSPS) is 12.2. The van der Waals surface area contributed by atoms with E-state index in [0.29, 0.717) is 12.1 Å². The molecule has 0 aliphatic rings. The predicted octanol–water partition coefficient (Wildman–Crippen LogP) is 4.30. The van der Waals surface area contributed by atoms with Crippen LogP contribution in [0.1, 0.15) is 17.6 Å². The summed E-state index contributed by atoms with van der Waals surface area (Å²) in [6, 6.07) is 1.80. The molecule has 0 aliphatic carbocycles. The maximum absolute atomic E-state index is 12.1. The first-order valence-electron chi connectivity index (χ1n) is 3.46. The molecule has 78 valence electrons. The first-order valence-corrected chi connectivity index (χ1v) is 3.84. The van der Waals surface area contributed by atoms with E-state index in [1.165, 1.54) is 0 Å². The SMILES string of the molecule is FC(F)c1cc(Cl)cc(C(F)(F)F)c1. The van der Waals surface area contributed by atoms with Crippen molar-refractivity contribution < 1.29 is 22.0 Å². The summed E-state index contributed by atoms with van der Waals surface area (Å²) < 4.78 is 60.5. The van der Waals surface area contributed by atoms with Gasteiger partial charge in [0.1, 0.15) is 0 Å². The largest absolute Gasteiger partial charge is 0.416 e. The number of rotatable bonds is 1. The molecular weight excluding hydrogens is 227 g/mol. The Kier molecular flexibility index (Phi) is 2.99. The van der Waals surface area contributed by atoms with Crippen molar-refractivity contribution >= 4 is 11.6 Å².